The number of esters is 2. The molecule has 0 heterocycles. The van der Waals surface area contributed by atoms with Crippen molar-refractivity contribution in [3.63, 3.8) is 0 Å². The van der Waals surface area contributed by atoms with Crippen molar-refractivity contribution in [3.05, 3.63) is 59.7 Å². The Balaban J connectivity index is 1.73. The van der Waals surface area contributed by atoms with Crippen molar-refractivity contribution in [1.29, 1.82) is 0 Å². The molecule has 11 heteroatoms. The summed E-state index contributed by atoms with van der Waals surface area (Å²) in [6.45, 7) is 2.73. The third kappa shape index (κ3) is 8.93. The summed E-state index contributed by atoms with van der Waals surface area (Å²) in [5, 5.41) is 4.75. The standard InChI is InChI=1S/C23H23F3N2O6/c1-14(2)34-22(32)15-6-8-17(9-7-15)27-19(29)10-11-21(31)33-13-20(30)28-18-5-3-4-16(12-18)23(24,25)26/h3-9,12,14H,10-11,13H2,1-2H3,(H,27,29)(H,28,30). The van der Waals surface area contributed by atoms with E-state index in [2.05, 4.69) is 10.6 Å². The molecule has 0 saturated heterocycles. The molecule has 2 rings (SSSR count). The lowest BCUT2D eigenvalue weighted by atomic mass is 10.2. The predicted molar refractivity (Wildman–Crippen MR) is 116 cm³/mol. The number of carbonyl (C=O) groups excluding carboxylic acids is 4. The molecule has 0 radical (unpaired) electrons. The fraction of sp³-hybridized carbons (Fsp3) is 0.304. The van der Waals surface area contributed by atoms with Gasteiger partial charge in [-0.2, -0.15) is 13.2 Å². The smallest absolute Gasteiger partial charge is 0.416 e. The lowest BCUT2D eigenvalue weighted by Crippen LogP contribution is -2.22. The maximum Gasteiger partial charge on any atom is 0.416 e. The van der Waals surface area contributed by atoms with Crippen LogP contribution in [-0.4, -0.2) is 36.5 Å². The van der Waals surface area contributed by atoms with Crippen molar-refractivity contribution in [1.82, 2.24) is 0 Å². The molecule has 0 bridgehead atoms. The number of hydrogen-bond acceptors (Lipinski definition) is 6. The molecule has 182 valence electrons. The number of hydrogen-bond donors (Lipinski definition) is 2. The van der Waals surface area contributed by atoms with E-state index in [0.717, 1.165) is 18.2 Å². The first-order valence-corrected chi connectivity index (χ1v) is 10.2. The highest BCUT2D eigenvalue weighted by Gasteiger charge is 2.30. The van der Waals surface area contributed by atoms with Gasteiger partial charge in [0, 0.05) is 17.8 Å². The Morgan fingerprint density at radius 1 is 0.882 bits per heavy atom. The van der Waals surface area contributed by atoms with Crippen molar-refractivity contribution in [2.24, 2.45) is 0 Å². The second-order valence-electron chi connectivity index (χ2n) is 7.37. The first-order chi connectivity index (χ1) is 15.9. The summed E-state index contributed by atoms with van der Waals surface area (Å²) >= 11 is 0. The average Bonchev–Trinajstić information content (AvgIpc) is 2.76. The number of alkyl halides is 3. The Bertz CT molecular complexity index is 1040. The van der Waals surface area contributed by atoms with Crippen LogP contribution in [0.15, 0.2) is 48.5 Å². The minimum Gasteiger partial charge on any atom is -0.459 e. The third-order valence-electron chi connectivity index (χ3n) is 4.14. The van der Waals surface area contributed by atoms with Gasteiger partial charge in [0.15, 0.2) is 6.61 Å². The minimum absolute atomic E-state index is 0.0984. The molecule has 0 aliphatic rings. The number of amides is 2. The van der Waals surface area contributed by atoms with Crippen LogP contribution >= 0.6 is 0 Å². The van der Waals surface area contributed by atoms with E-state index in [1.165, 1.54) is 30.3 Å². The molecule has 0 aromatic heterocycles. The van der Waals surface area contributed by atoms with Gasteiger partial charge in [-0.3, -0.25) is 14.4 Å². The van der Waals surface area contributed by atoms with Crippen LogP contribution in [0.4, 0.5) is 24.5 Å². The molecule has 2 N–H and O–H groups in total. The minimum atomic E-state index is -4.56. The van der Waals surface area contributed by atoms with Crippen molar-refractivity contribution < 1.29 is 41.8 Å². The average molecular weight is 480 g/mol. The summed E-state index contributed by atoms with van der Waals surface area (Å²) in [4.78, 5) is 47.4. The van der Waals surface area contributed by atoms with Crippen LogP contribution in [0.3, 0.4) is 0 Å². The molecule has 8 nitrogen and oxygen atoms in total. The fourth-order valence-electron chi connectivity index (χ4n) is 2.60. The quantitative estimate of drug-likeness (QED) is 0.521. The largest absolute Gasteiger partial charge is 0.459 e. The zero-order valence-electron chi connectivity index (χ0n) is 18.4. The Morgan fingerprint density at radius 2 is 1.53 bits per heavy atom. The lowest BCUT2D eigenvalue weighted by molar-refractivity contribution is -0.147. The van der Waals surface area contributed by atoms with E-state index >= 15 is 0 Å². The van der Waals surface area contributed by atoms with Gasteiger partial charge in [0.1, 0.15) is 0 Å². The summed E-state index contributed by atoms with van der Waals surface area (Å²) in [7, 11) is 0. The summed E-state index contributed by atoms with van der Waals surface area (Å²) in [5.41, 5.74) is -0.309. The van der Waals surface area contributed by atoms with Crippen LogP contribution in [-0.2, 0) is 30.0 Å². The first-order valence-electron chi connectivity index (χ1n) is 10.2. The summed E-state index contributed by atoms with van der Waals surface area (Å²) in [5.74, 6) is -2.65. The van der Waals surface area contributed by atoms with Gasteiger partial charge in [-0.25, -0.2) is 4.79 Å². The molecular weight excluding hydrogens is 457 g/mol. The summed E-state index contributed by atoms with van der Waals surface area (Å²) in [6, 6.07) is 9.98. The number of ether oxygens (including phenoxy) is 2. The van der Waals surface area contributed by atoms with E-state index in [1.54, 1.807) is 13.8 Å². The molecular formula is C23H23F3N2O6. The Hall–Kier alpha value is -3.89. The lowest BCUT2D eigenvalue weighted by Gasteiger charge is -2.10. The summed E-state index contributed by atoms with van der Waals surface area (Å²) in [6.07, 6.45) is -5.37. The van der Waals surface area contributed by atoms with E-state index < -0.39 is 42.1 Å². The van der Waals surface area contributed by atoms with E-state index in [1.807, 2.05) is 0 Å². The van der Waals surface area contributed by atoms with Gasteiger partial charge in [0.05, 0.1) is 23.7 Å². The van der Waals surface area contributed by atoms with Crippen molar-refractivity contribution in [2.75, 3.05) is 17.2 Å². The molecule has 0 atom stereocenters. The maximum atomic E-state index is 12.7. The number of carbonyl (C=O) groups is 4. The van der Waals surface area contributed by atoms with Crippen LogP contribution < -0.4 is 10.6 Å². The van der Waals surface area contributed by atoms with Crippen LogP contribution in [0.5, 0.6) is 0 Å². The molecule has 2 aromatic carbocycles. The normalized spacial score (nSPS) is 11.0. The number of benzene rings is 2. The second-order valence-corrected chi connectivity index (χ2v) is 7.37. The molecule has 0 spiro atoms. The van der Waals surface area contributed by atoms with E-state index in [9.17, 15) is 32.3 Å². The van der Waals surface area contributed by atoms with Crippen LogP contribution in [0, 0.1) is 0 Å². The molecule has 0 unspecified atom stereocenters. The van der Waals surface area contributed by atoms with Gasteiger partial charge in [-0.05, 0) is 56.3 Å². The number of anilines is 2. The molecule has 2 amide bonds. The van der Waals surface area contributed by atoms with Gasteiger partial charge in [0.2, 0.25) is 5.91 Å². The highest BCUT2D eigenvalue weighted by atomic mass is 19.4. The van der Waals surface area contributed by atoms with Gasteiger partial charge < -0.3 is 20.1 Å². The van der Waals surface area contributed by atoms with E-state index in [-0.39, 0.29) is 24.6 Å². The number of rotatable bonds is 9. The van der Waals surface area contributed by atoms with Crippen LogP contribution in [0.1, 0.15) is 42.6 Å². The number of halogens is 3. The van der Waals surface area contributed by atoms with Crippen LogP contribution in [0.25, 0.3) is 0 Å². The van der Waals surface area contributed by atoms with Crippen molar-refractivity contribution in [2.45, 2.75) is 39.0 Å². The monoisotopic (exact) mass is 480 g/mol. The van der Waals surface area contributed by atoms with Crippen molar-refractivity contribution >= 4 is 35.1 Å². The molecule has 0 aliphatic heterocycles. The summed E-state index contributed by atoms with van der Waals surface area (Å²) < 4.78 is 47.9. The van der Waals surface area contributed by atoms with Crippen molar-refractivity contribution in [3.8, 4) is 0 Å². The Morgan fingerprint density at radius 3 is 2.15 bits per heavy atom. The van der Waals surface area contributed by atoms with Gasteiger partial charge >= 0.3 is 18.1 Å². The molecule has 34 heavy (non-hydrogen) atoms. The molecule has 0 saturated carbocycles. The van der Waals surface area contributed by atoms with E-state index in [4.69, 9.17) is 9.47 Å². The second kappa shape index (κ2) is 11.8. The fourth-order valence-corrected chi connectivity index (χ4v) is 2.60. The first kappa shape index (κ1) is 26.4. The number of nitrogens with one attached hydrogen (secondary N) is 2. The highest BCUT2D eigenvalue weighted by Crippen LogP contribution is 2.30. The SMILES string of the molecule is CC(C)OC(=O)c1ccc(NC(=O)CCC(=O)OCC(=O)Nc2cccc(C(F)(F)F)c2)cc1. The Labute approximate surface area is 193 Å². The molecule has 0 fully saturated rings. The van der Waals surface area contributed by atoms with Gasteiger partial charge in [-0.15, -0.1) is 0 Å². The van der Waals surface area contributed by atoms with Crippen LogP contribution in [0.2, 0.25) is 0 Å². The predicted octanol–water partition coefficient (Wildman–Crippen LogP) is 4.17. The third-order valence-corrected chi connectivity index (χ3v) is 4.14. The zero-order chi connectivity index (χ0) is 25.3. The highest BCUT2D eigenvalue weighted by molar-refractivity contribution is 5.95. The van der Waals surface area contributed by atoms with Gasteiger partial charge in [-0.1, -0.05) is 6.07 Å². The topological polar surface area (TPSA) is 111 Å². The van der Waals surface area contributed by atoms with Gasteiger partial charge in [0.25, 0.3) is 5.91 Å². The molecule has 0 aliphatic carbocycles. The Kier molecular flexibility index (Phi) is 9.17. The zero-order valence-corrected chi connectivity index (χ0v) is 18.4. The maximum absolute atomic E-state index is 12.7. The molecule has 2 aromatic rings. The van der Waals surface area contributed by atoms with E-state index in [0.29, 0.717) is 11.3 Å².